The van der Waals surface area contributed by atoms with E-state index < -0.39 is 0 Å². The summed E-state index contributed by atoms with van der Waals surface area (Å²) in [6.45, 7) is 6.33. The van der Waals surface area contributed by atoms with Gasteiger partial charge in [0.05, 0.1) is 19.8 Å². The van der Waals surface area contributed by atoms with E-state index in [1.807, 2.05) is 7.05 Å². The summed E-state index contributed by atoms with van der Waals surface area (Å²) < 4.78 is 10.6. The number of likely N-dealkylation sites (tertiary alicyclic amines) is 1. The van der Waals surface area contributed by atoms with Crippen molar-refractivity contribution in [1.82, 2.24) is 15.1 Å². The zero-order valence-electron chi connectivity index (χ0n) is 14.1. The summed E-state index contributed by atoms with van der Waals surface area (Å²) in [5.41, 5.74) is 0. The fraction of sp³-hybridized carbons (Fsp3) is 0.933. The number of nitrogens with zero attached hydrogens (tertiary/aromatic N) is 3. The molecule has 1 saturated heterocycles. The van der Waals surface area contributed by atoms with Gasteiger partial charge in [0.15, 0.2) is 5.96 Å². The highest BCUT2D eigenvalue weighted by Crippen LogP contribution is 2.16. The minimum atomic E-state index is 0.599. The topological polar surface area (TPSA) is 49.3 Å². The molecule has 0 spiro atoms. The molecule has 21 heavy (non-hydrogen) atoms. The van der Waals surface area contributed by atoms with Gasteiger partial charge in [0, 0.05) is 39.7 Å². The SMILES string of the molecule is CN=C(NCCCN(C)C)N1CCC(COCCOC)C1. The second kappa shape index (κ2) is 10.8. The summed E-state index contributed by atoms with van der Waals surface area (Å²) in [4.78, 5) is 8.92. The minimum absolute atomic E-state index is 0.599. The van der Waals surface area contributed by atoms with Crippen molar-refractivity contribution in [2.24, 2.45) is 10.9 Å². The lowest BCUT2D eigenvalue weighted by molar-refractivity contribution is 0.0536. The Morgan fingerprint density at radius 3 is 2.86 bits per heavy atom. The van der Waals surface area contributed by atoms with Gasteiger partial charge in [-0.2, -0.15) is 0 Å². The van der Waals surface area contributed by atoms with Gasteiger partial charge < -0.3 is 24.6 Å². The second-order valence-electron chi connectivity index (χ2n) is 5.80. The standard InChI is InChI=1S/C15H32N4O2/c1-16-15(17-7-5-8-18(2)3)19-9-6-14(12-19)13-21-11-10-20-4/h14H,5-13H2,1-4H3,(H,16,17). The summed E-state index contributed by atoms with van der Waals surface area (Å²) in [5.74, 6) is 1.62. The van der Waals surface area contributed by atoms with Crippen LogP contribution >= 0.6 is 0 Å². The first-order valence-electron chi connectivity index (χ1n) is 7.84. The number of ether oxygens (including phenoxy) is 2. The van der Waals surface area contributed by atoms with Crippen LogP contribution in [0.4, 0.5) is 0 Å². The Labute approximate surface area is 129 Å². The van der Waals surface area contributed by atoms with Gasteiger partial charge in [-0.05, 0) is 33.5 Å². The molecular weight excluding hydrogens is 268 g/mol. The number of hydrogen-bond acceptors (Lipinski definition) is 4. The molecule has 0 bridgehead atoms. The molecule has 1 fully saturated rings. The first-order valence-corrected chi connectivity index (χ1v) is 7.84. The molecular formula is C15H32N4O2. The van der Waals surface area contributed by atoms with Crippen LogP contribution in [0.5, 0.6) is 0 Å². The molecule has 1 atom stereocenters. The maximum absolute atomic E-state index is 5.63. The number of hydrogen-bond donors (Lipinski definition) is 1. The van der Waals surface area contributed by atoms with Gasteiger partial charge in [0.1, 0.15) is 0 Å². The van der Waals surface area contributed by atoms with Gasteiger partial charge in [-0.3, -0.25) is 4.99 Å². The van der Waals surface area contributed by atoms with Crippen LogP contribution in [0.2, 0.25) is 0 Å². The third kappa shape index (κ3) is 7.64. The van der Waals surface area contributed by atoms with Gasteiger partial charge in [0.25, 0.3) is 0 Å². The number of rotatable bonds is 9. The molecule has 1 aliphatic heterocycles. The third-order valence-electron chi connectivity index (χ3n) is 3.65. The molecule has 1 heterocycles. The molecule has 1 unspecified atom stereocenters. The number of methoxy groups -OCH3 is 1. The predicted octanol–water partition coefficient (Wildman–Crippen LogP) is 0.498. The fourth-order valence-electron chi connectivity index (χ4n) is 2.48. The van der Waals surface area contributed by atoms with Gasteiger partial charge in [-0.15, -0.1) is 0 Å². The number of guanidine groups is 1. The zero-order chi connectivity index (χ0) is 15.5. The molecule has 0 aromatic rings. The second-order valence-corrected chi connectivity index (χ2v) is 5.80. The van der Waals surface area contributed by atoms with Crippen LogP contribution in [-0.2, 0) is 9.47 Å². The predicted molar refractivity (Wildman–Crippen MR) is 86.9 cm³/mol. The van der Waals surface area contributed by atoms with E-state index in [1.165, 1.54) is 6.42 Å². The van der Waals surface area contributed by atoms with Gasteiger partial charge in [0.2, 0.25) is 0 Å². The smallest absolute Gasteiger partial charge is 0.193 e. The Hall–Kier alpha value is -0.850. The Bertz CT molecular complexity index is 297. The van der Waals surface area contributed by atoms with E-state index in [0.717, 1.165) is 45.2 Å². The summed E-state index contributed by atoms with van der Waals surface area (Å²) in [7, 11) is 7.76. The van der Waals surface area contributed by atoms with Crippen LogP contribution in [0.3, 0.4) is 0 Å². The molecule has 0 aromatic carbocycles. The molecule has 6 heteroatoms. The van der Waals surface area contributed by atoms with E-state index in [9.17, 15) is 0 Å². The van der Waals surface area contributed by atoms with Crippen LogP contribution in [0.25, 0.3) is 0 Å². The van der Waals surface area contributed by atoms with Crippen LogP contribution < -0.4 is 5.32 Å². The van der Waals surface area contributed by atoms with E-state index in [0.29, 0.717) is 19.1 Å². The molecule has 0 radical (unpaired) electrons. The first kappa shape index (κ1) is 18.2. The van der Waals surface area contributed by atoms with E-state index in [-0.39, 0.29) is 0 Å². The monoisotopic (exact) mass is 300 g/mol. The van der Waals surface area contributed by atoms with Crippen LogP contribution in [0.1, 0.15) is 12.8 Å². The Kier molecular flexibility index (Phi) is 9.37. The molecule has 124 valence electrons. The van der Waals surface area contributed by atoms with Crippen molar-refractivity contribution < 1.29 is 9.47 Å². The van der Waals surface area contributed by atoms with Crippen molar-refractivity contribution in [3.8, 4) is 0 Å². The lowest BCUT2D eigenvalue weighted by Crippen LogP contribution is -2.41. The van der Waals surface area contributed by atoms with Crippen molar-refractivity contribution in [3.05, 3.63) is 0 Å². The van der Waals surface area contributed by atoms with E-state index >= 15 is 0 Å². The molecule has 0 amide bonds. The Morgan fingerprint density at radius 1 is 1.38 bits per heavy atom. The van der Waals surface area contributed by atoms with Gasteiger partial charge in [-0.1, -0.05) is 0 Å². The number of aliphatic imine (C=N–C) groups is 1. The summed E-state index contributed by atoms with van der Waals surface area (Å²) >= 11 is 0. The highest BCUT2D eigenvalue weighted by molar-refractivity contribution is 5.80. The van der Waals surface area contributed by atoms with Crippen molar-refractivity contribution in [3.63, 3.8) is 0 Å². The summed E-state index contributed by atoms with van der Waals surface area (Å²) in [6.07, 6.45) is 2.30. The fourth-order valence-corrected chi connectivity index (χ4v) is 2.48. The average molecular weight is 300 g/mol. The Morgan fingerprint density at radius 2 is 2.19 bits per heavy atom. The summed E-state index contributed by atoms with van der Waals surface area (Å²) in [6, 6.07) is 0. The van der Waals surface area contributed by atoms with Crippen LogP contribution in [0, 0.1) is 5.92 Å². The Balaban J connectivity index is 2.19. The van der Waals surface area contributed by atoms with E-state index in [1.54, 1.807) is 7.11 Å². The quantitative estimate of drug-likeness (QED) is 0.382. The maximum atomic E-state index is 5.63. The normalized spacial score (nSPS) is 19.6. The average Bonchev–Trinajstić information content (AvgIpc) is 2.92. The number of nitrogens with one attached hydrogen (secondary N) is 1. The van der Waals surface area contributed by atoms with Crippen molar-refractivity contribution in [2.45, 2.75) is 12.8 Å². The largest absolute Gasteiger partial charge is 0.382 e. The molecule has 1 aliphatic rings. The lowest BCUT2D eigenvalue weighted by atomic mass is 10.1. The first-order chi connectivity index (χ1) is 10.2. The highest BCUT2D eigenvalue weighted by Gasteiger charge is 2.24. The molecule has 0 saturated carbocycles. The molecule has 0 aliphatic carbocycles. The molecule has 0 aromatic heterocycles. The van der Waals surface area contributed by atoms with Crippen molar-refractivity contribution in [1.29, 1.82) is 0 Å². The van der Waals surface area contributed by atoms with Gasteiger partial charge >= 0.3 is 0 Å². The summed E-state index contributed by atoms with van der Waals surface area (Å²) in [5, 5.41) is 3.45. The highest BCUT2D eigenvalue weighted by atomic mass is 16.5. The minimum Gasteiger partial charge on any atom is -0.382 e. The van der Waals surface area contributed by atoms with E-state index in [2.05, 4.69) is 34.2 Å². The molecule has 1 rings (SSSR count). The zero-order valence-corrected chi connectivity index (χ0v) is 14.1. The van der Waals surface area contributed by atoms with E-state index in [4.69, 9.17) is 9.47 Å². The molecule has 1 N–H and O–H groups in total. The lowest BCUT2D eigenvalue weighted by Gasteiger charge is -2.22. The van der Waals surface area contributed by atoms with Crippen LogP contribution in [-0.4, -0.2) is 90.0 Å². The third-order valence-corrected chi connectivity index (χ3v) is 3.65. The van der Waals surface area contributed by atoms with Crippen molar-refractivity contribution in [2.75, 3.05) is 74.3 Å². The maximum Gasteiger partial charge on any atom is 0.193 e. The van der Waals surface area contributed by atoms with Gasteiger partial charge in [-0.25, -0.2) is 0 Å². The van der Waals surface area contributed by atoms with Crippen LogP contribution in [0.15, 0.2) is 4.99 Å². The molecule has 6 nitrogen and oxygen atoms in total. The van der Waals surface area contributed by atoms with Crippen molar-refractivity contribution >= 4 is 5.96 Å².